The van der Waals surface area contributed by atoms with E-state index in [2.05, 4.69) is 110 Å². The van der Waals surface area contributed by atoms with Crippen LogP contribution < -0.4 is 20.3 Å². The van der Waals surface area contributed by atoms with E-state index in [1.165, 1.54) is 26.6 Å². The van der Waals surface area contributed by atoms with Crippen LogP contribution >= 0.6 is 69.1 Å². The summed E-state index contributed by atoms with van der Waals surface area (Å²) in [5.41, 5.74) is 6.40. The molecule has 0 spiro atoms. The van der Waals surface area contributed by atoms with Crippen LogP contribution in [-0.2, 0) is 58.0 Å². The fourth-order valence-corrected chi connectivity index (χ4v) is 12.6. The maximum atomic E-state index is 13.8. The summed E-state index contributed by atoms with van der Waals surface area (Å²) in [6, 6.07) is 34.3. The van der Waals surface area contributed by atoms with Crippen molar-refractivity contribution in [1.82, 2.24) is 30.1 Å². The molecule has 9 rings (SSSR count). The summed E-state index contributed by atoms with van der Waals surface area (Å²) in [4.78, 5) is 67.3. The molecule has 4 aromatic carbocycles. The first kappa shape index (κ1) is 59.2. The van der Waals surface area contributed by atoms with Crippen molar-refractivity contribution in [2.24, 2.45) is 0 Å². The van der Waals surface area contributed by atoms with Gasteiger partial charge in [-0.1, -0.05) is 107 Å². The van der Waals surface area contributed by atoms with Crippen molar-refractivity contribution in [3.05, 3.63) is 172 Å². The van der Waals surface area contributed by atoms with E-state index in [4.69, 9.17) is 46.4 Å². The molecule has 20 heteroatoms. The van der Waals surface area contributed by atoms with Gasteiger partial charge in [0.05, 0.1) is 6.04 Å². The van der Waals surface area contributed by atoms with Gasteiger partial charge >= 0.3 is 7.05 Å². The third-order valence-corrected chi connectivity index (χ3v) is 17.4. The molecule has 13 nitrogen and oxygen atoms in total. The van der Waals surface area contributed by atoms with Crippen molar-refractivity contribution in [2.45, 2.75) is 70.5 Å². The Morgan fingerprint density at radius 3 is 1.69 bits per heavy atom. The predicted octanol–water partition coefficient (Wildman–Crippen LogP) is 9.49. The SMILES string of the molecule is CB(O)N[C@H](Cc1ccc(Cl)cc1Cl)C(=O)N1CCN(c2ccccc2CN(C)CCc2cccs2)CC1.O=C([C@@H](Cc1ccc(Cl)cc1Cl)N1C(=O)CCC1=O)N1CCN(c2ccccc2CNCCc2cccs2)CC1. The molecule has 412 valence electrons. The Labute approximate surface area is 487 Å². The second-order valence-corrected chi connectivity index (χ2v) is 23.7. The lowest BCUT2D eigenvalue weighted by molar-refractivity contribution is -0.150. The molecule has 3 aliphatic heterocycles. The van der Waals surface area contributed by atoms with Crippen LogP contribution in [-0.4, -0.2) is 140 Å². The molecule has 0 radical (unpaired) electrons. The van der Waals surface area contributed by atoms with E-state index in [1.807, 2.05) is 28.4 Å². The summed E-state index contributed by atoms with van der Waals surface area (Å²) in [7, 11) is 1.35. The molecular weight excluding hydrogens is 1110 g/mol. The molecule has 2 aromatic heterocycles. The maximum Gasteiger partial charge on any atom is 0.374 e. The number of imide groups is 1. The molecule has 78 heavy (non-hydrogen) atoms. The zero-order valence-corrected chi connectivity index (χ0v) is 48.8. The topological polar surface area (TPSA) is 132 Å². The third kappa shape index (κ3) is 16.3. The maximum absolute atomic E-state index is 13.8. The minimum Gasteiger partial charge on any atom is -0.437 e. The molecule has 2 atom stereocenters. The molecule has 0 unspecified atom stereocenters. The summed E-state index contributed by atoms with van der Waals surface area (Å²) < 4.78 is 0. The number of benzene rings is 4. The zero-order valence-electron chi connectivity index (χ0n) is 44.1. The van der Waals surface area contributed by atoms with Crippen molar-refractivity contribution in [2.75, 3.05) is 82.3 Å². The monoisotopic (exact) mass is 1170 g/mol. The lowest BCUT2D eigenvalue weighted by Gasteiger charge is -2.39. The fourth-order valence-electron chi connectivity index (χ4n) is 10.2. The molecule has 3 fully saturated rings. The molecule has 0 aliphatic carbocycles. The number of carbonyl (C=O) groups excluding carboxylic acids is 4. The van der Waals surface area contributed by atoms with Gasteiger partial charge in [0.25, 0.3) is 0 Å². The minimum absolute atomic E-state index is 0.0295. The minimum atomic E-state index is -0.924. The summed E-state index contributed by atoms with van der Waals surface area (Å²) in [6.45, 7) is 10.2. The largest absolute Gasteiger partial charge is 0.437 e. The molecule has 3 saturated heterocycles. The Morgan fingerprint density at radius 1 is 0.641 bits per heavy atom. The second kappa shape index (κ2) is 29.0. The normalized spacial score (nSPS) is 15.7. The number of hydrogen-bond acceptors (Lipinski definition) is 12. The Bertz CT molecular complexity index is 2920. The van der Waals surface area contributed by atoms with Crippen LogP contribution in [0.1, 0.15) is 44.8 Å². The highest BCUT2D eigenvalue weighted by Gasteiger charge is 2.41. The van der Waals surface area contributed by atoms with Gasteiger partial charge in [-0.3, -0.25) is 24.1 Å². The van der Waals surface area contributed by atoms with Gasteiger partial charge in [0.2, 0.25) is 23.6 Å². The number of halogens is 4. The summed E-state index contributed by atoms with van der Waals surface area (Å²) in [5, 5.41) is 22.8. The van der Waals surface area contributed by atoms with Gasteiger partial charge in [-0.25, -0.2) is 0 Å². The number of para-hydroxylation sites is 2. The molecule has 6 aromatic rings. The lowest BCUT2D eigenvalue weighted by Crippen LogP contribution is -2.57. The fraction of sp³-hybridized carbons (Fsp3) is 0.379. The summed E-state index contributed by atoms with van der Waals surface area (Å²) >= 11 is 28.5. The number of amides is 4. The number of likely N-dealkylation sites (tertiary alicyclic amines) is 1. The standard InChI is InChI=1S/C30H32Cl2N4O3S.C28H35BCl2N4O2S/c31-23-8-7-21(25(32)19-23)18-27(36-28(37)9-10-29(36)38)30(39)35-15-13-34(14-16-35)26-6-2-1-4-22(26)20-33-12-11-24-5-3-17-40-24;1-29(37)32-26(18-21-9-10-23(30)19-25(21)31)28(36)35-15-13-34(14-16-35)27-8-4-3-6-22(27)20-33(2)12-11-24-7-5-17-38-24/h1-8,17,19,27,33H,9-16,18,20H2;3-10,17,19,26,32,37H,11-16,18,20H2,1-2H3/t27-;26-/m11/s1. The molecule has 5 heterocycles. The number of hydrogen-bond donors (Lipinski definition) is 3. The molecule has 3 N–H and O–H groups in total. The third-order valence-electron chi connectivity index (χ3n) is 14.3. The van der Waals surface area contributed by atoms with E-state index in [-0.39, 0.29) is 42.9 Å². The number of likely N-dealkylation sites (N-methyl/N-ethyl adjacent to an activating group) is 1. The molecular formula is C58H67BCl4N8O5S2. The van der Waals surface area contributed by atoms with Crippen molar-refractivity contribution < 1.29 is 24.2 Å². The first-order valence-electron chi connectivity index (χ1n) is 26.5. The van der Waals surface area contributed by atoms with Crippen LogP contribution in [0, 0.1) is 0 Å². The average Bonchev–Trinajstić information content (AvgIpc) is 4.27. The van der Waals surface area contributed by atoms with E-state index >= 15 is 0 Å². The van der Waals surface area contributed by atoms with Crippen molar-refractivity contribution in [3.8, 4) is 0 Å². The highest BCUT2D eigenvalue weighted by atomic mass is 35.5. The highest BCUT2D eigenvalue weighted by Crippen LogP contribution is 2.29. The van der Waals surface area contributed by atoms with Gasteiger partial charge in [0, 0.05) is 139 Å². The van der Waals surface area contributed by atoms with E-state index in [0.29, 0.717) is 71.3 Å². The number of carbonyl (C=O) groups is 4. The quantitative estimate of drug-likeness (QED) is 0.0364. The van der Waals surface area contributed by atoms with Crippen molar-refractivity contribution >= 4 is 111 Å². The van der Waals surface area contributed by atoms with E-state index in [1.54, 1.807) is 53.4 Å². The molecule has 4 amide bonds. The number of piperazine rings is 2. The Kier molecular flexibility index (Phi) is 22.0. The summed E-state index contributed by atoms with van der Waals surface area (Å²) in [5.74, 6) is -0.879. The van der Waals surface area contributed by atoms with Crippen LogP contribution in [0.2, 0.25) is 26.9 Å². The van der Waals surface area contributed by atoms with Gasteiger partial charge in [0.15, 0.2) is 0 Å². The molecule has 0 bridgehead atoms. The van der Waals surface area contributed by atoms with Gasteiger partial charge in [0.1, 0.15) is 6.04 Å². The highest BCUT2D eigenvalue weighted by molar-refractivity contribution is 7.10. The van der Waals surface area contributed by atoms with E-state index in [0.717, 1.165) is 68.3 Å². The van der Waals surface area contributed by atoms with Crippen molar-refractivity contribution in [3.63, 3.8) is 0 Å². The number of nitrogens with one attached hydrogen (secondary N) is 2. The zero-order chi connectivity index (χ0) is 55.1. The Balaban J connectivity index is 0.000000206. The van der Waals surface area contributed by atoms with Crippen LogP contribution in [0.4, 0.5) is 11.4 Å². The smallest absolute Gasteiger partial charge is 0.374 e. The van der Waals surface area contributed by atoms with Crippen LogP contribution in [0.15, 0.2) is 120 Å². The van der Waals surface area contributed by atoms with Crippen LogP contribution in [0.5, 0.6) is 0 Å². The number of anilines is 2. The van der Waals surface area contributed by atoms with Gasteiger partial charge in [-0.05, 0) is 115 Å². The van der Waals surface area contributed by atoms with Crippen LogP contribution in [0.25, 0.3) is 0 Å². The summed E-state index contributed by atoms with van der Waals surface area (Å²) in [6.07, 6.45) is 2.85. The number of thiophene rings is 2. The predicted molar refractivity (Wildman–Crippen MR) is 321 cm³/mol. The molecule has 0 saturated carbocycles. The van der Waals surface area contributed by atoms with Crippen molar-refractivity contribution in [1.29, 1.82) is 0 Å². The second-order valence-electron chi connectivity index (χ2n) is 19.9. The average molecular weight is 1170 g/mol. The Morgan fingerprint density at radius 2 is 1.15 bits per heavy atom. The van der Waals surface area contributed by atoms with Crippen LogP contribution in [0.3, 0.4) is 0 Å². The Hall–Kier alpha value is -4.98. The number of nitrogens with zero attached hydrogens (tertiary/aromatic N) is 6. The molecule has 3 aliphatic rings. The van der Waals surface area contributed by atoms with Gasteiger partial charge in [-0.2, -0.15) is 0 Å². The lowest BCUT2D eigenvalue weighted by atomic mass is 9.85. The van der Waals surface area contributed by atoms with Gasteiger partial charge in [-0.15, -0.1) is 22.7 Å². The number of rotatable bonds is 21. The first-order valence-corrected chi connectivity index (χ1v) is 29.8. The van der Waals surface area contributed by atoms with Gasteiger partial charge < -0.3 is 40.1 Å². The first-order chi connectivity index (χ1) is 37.7. The van der Waals surface area contributed by atoms with E-state index in [9.17, 15) is 24.2 Å². The van der Waals surface area contributed by atoms with E-state index < -0.39 is 19.1 Å².